The van der Waals surface area contributed by atoms with Gasteiger partial charge in [0.15, 0.2) is 5.96 Å². The van der Waals surface area contributed by atoms with E-state index in [2.05, 4.69) is 29.5 Å². The van der Waals surface area contributed by atoms with E-state index in [9.17, 15) is 8.42 Å². The van der Waals surface area contributed by atoms with Crippen LogP contribution < -0.4 is 15.8 Å². The first-order chi connectivity index (χ1) is 8.20. The van der Waals surface area contributed by atoms with Crippen molar-refractivity contribution >= 4 is 51.7 Å². The summed E-state index contributed by atoms with van der Waals surface area (Å²) < 4.78 is 21.7. The number of nitrogens with one attached hydrogen (secondary N) is 2. The molecule has 0 heterocycles. The summed E-state index contributed by atoms with van der Waals surface area (Å²) in [5.41, 5.74) is 0. The molecule has 0 aromatic carbocycles. The molecule has 0 saturated heterocycles. The molecule has 19 heavy (non-hydrogen) atoms. The molecule has 0 spiro atoms. The summed E-state index contributed by atoms with van der Waals surface area (Å²) in [6.45, 7) is 7.80. The van der Waals surface area contributed by atoms with Gasteiger partial charge in [-0.05, 0) is 27.0 Å². The number of aliphatic imine (C=N–C) groups is 1. The van der Waals surface area contributed by atoms with Gasteiger partial charge in [0, 0.05) is 17.8 Å². The first-order valence-electron chi connectivity index (χ1n) is 5.78. The number of primary sulfonamides is 1. The molecule has 0 fully saturated rings. The SMILES string of the molecule is CCNC(=NCC(C)(C)SC)NCCS(N)(=O)=O.I. The van der Waals surface area contributed by atoms with Crippen LogP contribution in [0.1, 0.15) is 20.8 Å². The molecule has 4 N–H and O–H groups in total. The number of hydrogen-bond donors (Lipinski definition) is 3. The van der Waals surface area contributed by atoms with Crippen molar-refractivity contribution in [3.05, 3.63) is 0 Å². The van der Waals surface area contributed by atoms with E-state index in [0.29, 0.717) is 12.5 Å². The van der Waals surface area contributed by atoms with Crippen molar-refractivity contribution in [2.75, 3.05) is 31.6 Å². The molecule has 0 bridgehead atoms. The van der Waals surface area contributed by atoms with E-state index < -0.39 is 10.0 Å². The Kier molecular flexibility index (Phi) is 11.4. The zero-order valence-electron chi connectivity index (χ0n) is 11.9. The van der Waals surface area contributed by atoms with Crippen LogP contribution in [0.4, 0.5) is 0 Å². The van der Waals surface area contributed by atoms with Crippen LogP contribution in [0.15, 0.2) is 4.99 Å². The fraction of sp³-hybridized carbons (Fsp3) is 0.900. The maximum Gasteiger partial charge on any atom is 0.210 e. The van der Waals surface area contributed by atoms with E-state index in [1.165, 1.54) is 0 Å². The Morgan fingerprint density at radius 1 is 1.37 bits per heavy atom. The lowest BCUT2D eigenvalue weighted by Crippen LogP contribution is -2.41. The number of hydrogen-bond acceptors (Lipinski definition) is 4. The first kappa shape index (κ1) is 21.6. The summed E-state index contributed by atoms with van der Waals surface area (Å²) in [5.74, 6) is 0.506. The minimum Gasteiger partial charge on any atom is -0.357 e. The second-order valence-corrected chi connectivity index (χ2v) is 7.70. The van der Waals surface area contributed by atoms with Gasteiger partial charge in [-0.25, -0.2) is 13.6 Å². The molecular formula is C10H25IN4O2S2. The summed E-state index contributed by atoms with van der Waals surface area (Å²) in [6, 6.07) is 0. The Bertz CT molecular complexity index is 372. The van der Waals surface area contributed by atoms with Gasteiger partial charge in [0.2, 0.25) is 10.0 Å². The van der Waals surface area contributed by atoms with Gasteiger partial charge in [0.25, 0.3) is 0 Å². The monoisotopic (exact) mass is 424 g/mol. The molecule has 9 heteroatoms. The van der Waals surface area contributed by atoms with Gasteiger partial charge < -0.3 is 10.6 Å². The van der Waals surface area contributed by atoms with Crippen molar-refractivity contribution in [3.63, 3.8) is 0 Å². The van der Waals surface area contributed by atoms with Gasteiger partial charge in [0.05, 0.1) is 12.3 Å². The molecule has 0 amide bonds. The molecular weight excluding hydrogens is 399 g/mol. The van der Waals surface area contributed by atoms with E-state index >= 15 is 0 Å². The van der Waals surface area contributed by atoms with E-state index in [4.69, 9.17) is 5.14 Å². The molecule has 116 valence electrons. The zero-order valence-corrected chi connectivity index (χ0v) is 15.9. The van der Waals surface area contributed by atoms with Gasteiger partial charge in [0.1, 0.15) is 0 Å². The Morgan fingerprint density at radius 3 is 2.37 bits per heavy atom. The summed E-state index contributed by atoms with van der Waals surface area (Å²) in [5, 5.41) is 10.9. The molecule has 0 rings (SSSR count). The van der Waals surface area contributed by atoms with Crippen LogP contribution in [0.3, 0.4) is 0 Å². The Hall–Kier alpha value is 0.260. The highest BCUT2D eigenvalue weighted by atomic mass is 127. The largest absolute Gasteiger partial charge is 0.357 e. The molecule has 0 radical (unpaired) electrons. The van der Waals surface area contributed by atoms with Crippen LogP contribution in [0.25, 0.3) is 0 Å². The number of nitrogens with two attached hydrogens (primary N) is 1. The highest BCUT2D eigenvalue weighted by molar-refractivity contribution is 14.0. The normalized spacial score (nSPS) is 12.8. The van der Waals surface area contributed by atoms with Crippen LogP contribution in [0.2, 0.25) is 0 Å². The van der Waals surface area contributed by atoms with Crippen LogP contribution in [0, 0.1) is 0 Å². The second-order valence-electron chi connectivity index (χ2n) is 4.45. The summed E-state index contributed by atoms with van der Waals surface area (Å²) in [6.07, 6.45) is 2.04. The summed E-state index contributed by atoms with van der Waals surface area (Å²) >= 11 is 1.74. The van der Waals surface area contributed by atoms with Gasteiger partial charge in [-0.2, -0.15) is 11.8 Å². The van der Waals surface area contributed by atoms with Crippen molar-refractivity contribution in [2.24, 2.45) is 10.1 Å². The number of nitrogens with zero attached hydrogens (tertiary/aromatic N) is 1. The molecule has 0 aliphatic rings. The number of sulfonamides is 1. The fourth-order valence-corrected chi connectivity index (χ4v) is 1.57. The topological polar surface area (TPSA) is 96.6 Å². The van der Waals surface area contributed by atoms with Crippen LogP contribution in [-0.2, 0) is 10.0 Å². The maximum atomic E-state index is 10.8. The van der Waals surface area contributed by atoms with Gasteiger partial charge >= 0.3 is 0 Å². The van der Waals surface area contributed by atoms with Crippen LogP contribution in [0.5, 0.6) is 0 Å². The molecule has 0 aromatic rings. The van der Waals surface area contributed by atoms with E-state index in [1.54, 1.807) is 11.8 Å². The number of thioether (sulfide) groups is 1. The lowest BCUT2D eigenvalue weighted by Gasteiger charge is -2.20. The average Bonchev–Trinajstić information content (AvgIpc) is 2.24. The predicted octanol–water partition coefficient (Wildman–Crippen LogP) is 0.590. The fourth-order valence-electron chi connectivity index (χ4n) is 0.987. The van der Waals surface area contributed by atoms with Crippen molar-refractivity contribution < 1.29 is 8.42 Å². The van der Waals surface area contributed by atoms with Crippen LogP contribution in [-0.4, -0.2) is 50.8 Å². The lowest BCUT2D eigenvalue weighted by molar-refractivity contribution is 0.596. The average molecular weight is 424 g/mol. The third kappa shape index (κ3) is 13.0. The van der Waals surface area contributed by atoms with Gasteiger partial charge in [-0.1, -0.05) is 0 Å². The van der Waals surface area contributed by atoms with Gasteiger partial charge in [-0.15, -0.1) is 24.0 Å². The molecule has 0 aliphatic carbocycles. The molecule has 0 saturated carbocycles. The summed E-state index contributed by atoms with van der Waals surface area (Å²) in [4.78, 5) is 4.41. The molecule has 0 unspecified atom stereocenters. The third-order valence-electron chi connectivity index (χ3n) is 2.19. The van der Waals surface area contributed by atoms with Crippen molar-refractivity contribution in [2.45, 2.75) is 25.5 Å². The highest BCUT2D eigenvalue weighted by Crippen LogP contribution is 2.20. The smallest absolute Gasteiger partial charge is 0.210 e. The maximum absolute atomic E-state index is 10.8. The lowest BCUT2D eigenvalue weighted by atomic mass is 10.2. The predicted molar refractivity (Wildman–Crippen MR) is 95.0 cm³/mol. The molecule has 6 nitrogen and oxygen atoms in total. The first-order valence-corrected chi connectivity index (χ1v) is 8.72. The van der Waals surface area contributed by atoms with Crippen molar-refractivity contribution in [1.29, 1.82) is 0 Å². The van der Waals surface area contributed by atoms with Crippen molar-refractivity contribution in [3.8, 4) is 0 Å². The van der Waals surface area contributed by atoms with E-state index in [1.807, 2.05) is 13.2 Å². The van der Waals surface area contributed by atoms with Gasteiger partial charge in [-0.3, -0.25) is 4.99 Å². The van der Waals surface area contributed by atoms with Crippen LogP contribution >= 0.6 is 35.7 Å². The highest BCUT2D eigenvalue weighted by Gasteiger charge is 2.15. The Labute approximate surface area is 137 Å². The minimum absolute atomic E-state index is 0. The Morgan fingerprint density at radius 2 is 1.95 bits per heavy atom. The molecule has 0 aliphatic heterocycles. The van der Waals surface area contributed by atoms with Crippen molar-refractivity contribution in [1.82, 2.24) is 10.6 Å². The molecule has 0 aromatic heterocycles. The third-order valence-corrected chi connectivity index (χ3v) is 4.20. The standard InChI is InChI=1S/C10H24N4O2S2.HI/c1-5-12-9(13-6-7-18(11,15)16)14-8-10(2,3)17-4;/h5-8H2,1-4H3,(H2,11,15,16)(H2,12,13,14);1H. The number of rotatable bonds is 7. The number of halogens is 1. The zero-order chi connectivity index (χ0) is 14.2. The quantitative estimate of drug-likeness (QED) is 0.316. The summed E-state index contributed by atoms with van der Waals surface area (Å²) in [7, 11) is -3.43. The Balaban J connectivity index is 0. The van der Waals surface area contributed by atoms with E-state index in [-0.39, 0.29) is 41.0 Å². The number of guanidine groups is 1. The molecule has 0 atom stereocenters. The second kappa shape index (κ2) is 10.1. The minimum atomic E-state index is -3.43. The van der Waals surface area contributed by atoms with E-state index in [0.717, 1.165) is 6.54 Å².